The van der Waals surface area contributed by atoms with Gasteiger partial charge in [0.15, 0.2) is 0 Å². The smallest absolute Gasteiger partial charge is 0.307 e. The minimum Gasteiger partial charge on any atom is -0.493 e. The van der Waals surface area contributed by atoms with Crippen molar-refractivity contribution in [2.75, 3.05) is 19.8 Å². The minimum atomic E-state index is -0.734. The molecule has 6 rings (SSSR count). The molecule has 1 saturated heterocycles. The molecule has 37 heavy (non-hydrogen) atoms. The molecule has 7 heteroatoms. The van der Waals surface area contributed by atoms with Gasteiger partial charge >= 0.3 is 5.97 Å². The molecule has 2 fully saturated rings. The highest BCUT2D eigenvalue weighted by atomic mass is 19.1. The Balaban J connectivity index is 1.16. The summed E-state index contributed by atoms with van der Waals surface area (Å²) in [4.78, 5) is 15.7. The van der Waals surface area contributed by atoms with Crippen LogP contribution >= 0.6 is 0 Å². The standard InChI is InChI=1S/C30H30FNO5/c1-16-6-21(37-15-30(3)13-35-14-30)7-17(2)26(16)18-4-5-24(31)20(8-18)12-36-25-10-19-9-22-27(23(19)11-32-25)28(22)29(33)34/h4-8,10-11,22,27-28H,9,12-15H2,1-3H3,(H,33,34)/t22-,27-,28+/m1/s1. The highest BCUT2D eigenvalue weighted by molar-refractivity contribution is 5.77. The third-order valence-corrected chi connectivity index (χ3v) is 7.97. The maximum absolute atomic E-state index is 14.7. The SMILES string of the molecule is Cc1cc(OCC2(C)COC2)cc(C)c1-c1ccc(F)c(COc2cc3c(cn2)[C@H]2[C@@H](C3)[C@@H]2C(=O)O)c1. The van der Waals surface area contributed by atoms with Crippen LogP contribution in [0.15, 0.2) is 42.6 Å². The molecule has 1 N–H and O–H groups in total. The second kappa shape index (κ2) is 8.84. The van der Waals surface area contributed by atoms with Gasteiger partial charge in [-0.1, -0.05) is 13.0 Å². The average Bonchev–Trinajstić information content (AvgIpc) is 3.43. The van der Waals surface area contributed by atoms with Crippen LogP contribution in [0.5, 0.6) is 11.6 Å². The molecule has 2 aromatic carbocycles. The van der Waals surface area contributed by atoms with E-state index in [2.05, 4.69) is 11.9 Å². The van der Waals surface area contributed by atoms with E-state index < -0.39 is 5.97 Å². The third-order valence-electron chi connectivity index (χ3n) is 7.97. The van der Waals surface area contributed by atoms with Gasteiger partial charge in [0.05, 0.1) is 25.7 Å². The summed E-state index contributed by atoms with van der Waals surface area (Å²) in [6.07, 6.45) is 2.45. The first-order valence-corrected chi connectivity index (χ1v) is 12.7. The summed E-state index contributed by atoms with van der Waals surface area (Å²) in [6.45, 7) is 8.33. The first-order valence-electron chi connectivity index (χ1n) is 12.7. The van der Waals surface area contributed by atoms with Gasteiger partial charge in [0, 0.05) is 29.2 Å². The first kappa shape index (κ1) is 23.9. The van der Waals surface area contributed by atoms with E-state index in [1.807, 2.05) is 38.1 Å². The van der Waals surface area contributed by atoms with Gasteiger partial charge in [-0.05, 0) is 83.8 Å². The van der Waals surface area contributed by atoms with Gasteiger partial charge in [0.25, 0.3) is 0 Å². The van der Waals surface area contributed by atoms with Crippen molar-refractivity contribution in [1.29, 1.82) is 0 Å². The number of carboxylic acids is 1. The number of pyridine rings is 1. The fourth-order valence-electron chi connectivity index (χ4n) is 5.93. The van der Waals surface area contributed by atoms with Crippen LogP contribution in [-0.4, -0.2) is 35.9 Å². The topological polar surface area (TPSA) is 77.9 Å². The molecular formula is C30H30FNO5. The van der Waals surface area contributed by atoms with Crippen LogP contribution in [0, 0.1) is 36.9 Å². The summed E-state index contributed by atoms with van der Waals surface area (Å²) in [5.41, 5.74) is 6.69. The fraction of sp³-hybridized carbons (Fsp3) is 0.400. The molecule has 192 valence electrons. The van der Waals surface area contributed by atoms with Crippen molar-refractivity contribution in [2.24, 2.45) is 17.3 Å². The molecule has 1 aliphatic heterocycles. The van der Waals surface area contributed by atoms with Crippen molar-refractivity contribution < 1.29 is 28.5 Å². The van der Waals surface area contributed by atoms with E-state index >= 15 is 0 Å². The number of hydrogen-bond acceptors (Lipinski definition) is 5. The predicted molar refractivity (Wildman–Crippen MR) is 135 cm³/mol. The summed E-state index contributed by atoms with van der Waals surface area (Å²) in [5.74, 6) is 0.137. The number of carbonyl (C=O) groups is 1. The van der Waals surface area contributed by atoms with Crippen LogP contribution in [0.3, 0.4) is 0 Å². The van der Waals surface area contributed by atoms with E-state index in [9.17, 15) is 14.3 Å². The van der Waals surface area contributed by atoms with E-state index in [-0.39, 0.29) is 35.6 Å². The lowest BCUT2D eigenvalue weighted by atomic mass is 9.90. The Kier molecular flexibility index (Phi) is 5.71. The molecule has 3 aliphatic rings. The van der Waals surface area contributed by atoms with Crippen molar-refractivity contribution in [3.05, 3.63) is 76.2 Å². The van der Waals surface area contributed by atoms with Crippen molar-refractivity contribution in [3.8, 4) is 22.8 Å². The highest BCUT2D eigenvalue weighted by Crippen LogP contribution is 2.61. The van der Waals surface area contributed by atoms with E-state index in [1.165, 1.54) is 6.07 Å². The number of nitrogens with zero attached hydrogens (tertiary/aromatic N) is 1. The first-order chi connectivity index (χ1) is 17.7. The van der Waals surface area contributed by atoms with Crippen molar-refractivity contribution in [2.45, 2.75) is 39.7 Å². The second-order valence-corrected chi connectivity index (χ2v) is 11.1. The molecule has 0 unspecified atom stereocenters. The lowest BCUT2D eigenvalue weighted by molar-refractivity contribution is -0.139. The summed E-state index contributed by atoms with van der Waals surface area (Å²) in [6, 6.07) is 11.0. The molecule has 1 aromatic heterocycles. The zero-order valence-corrected chi connectivity index (χ0v) is 21.2. The quantitative estimate of drug-likeness (QED) is 0.439. The number of aromatic nitrogens is 1. The highest BCUT2D eigenvalue weighted by Gasteiger charge is 2.59. The molecule has 2 aliphatic carbocycles. The molecule has 0 amide bonds. The Labute approximate surface area is 215 Å². The Morgan fingerprint density at radius 2 is 1.92 bits per heavy atom. The summed E-state index contributed by atoms with van der Waals surface area (Å²) in [7, 11) is 0. The van der Waals surface area contributed by atoms with Crippen molar-refractivity contribution in [3.63, 3.8) is 0 Å². The van der Waals surface area contributed by atoms with E-state index in [0.29, 0.717) is 18.1 Å². The second-order valence-electron chi connectivity index (χ2n) is 11.1. The zero-order valence-electron chi connectivity index (χ0n) is 21.2. The number of fused-ring (bicyclic) bond motifs is 3. The lowest BCUT2D eigenvalue weighted by Crippen LogP contribution is -2.44. The van der Waals surface area contributed by atoms with E-state index in [1.54, 1.807) is 12.3 Å². The van der Waals surface area contributed by atoms with Crippen LogP contribution in [0.4, 0.5) is 4.39 Å². The van der Waals surface area contributed by atoms with Gasteiger partial charge < -0.3 is 19.3 Å². The van der Waals surface area contributed by atoms with Crippen molar-refractivity contribution in [1.82, 2.24) is 4.98 Å². The summed E-state index contributed by atoms with van der Waals surface area (Å²) >= 11 is 0. The number of carboxylic acid groups (broad SMARTS) is 1. The zero-order chi connectivity index (χ0) is 25.9. The van der Waals surface area contributed by atoms with Gasteiger partial charge in [-0.3, -0.25) is 4.79 Å². The number of halogens is 1. The number of rotatable bonds is 8. The fourth-order valence-corrected chi connectivity index (χ4v) is 5.93. The Morgan fingerprint density at radius 1 is 1.16 bits per heavy atom. The largest absolute Gasteiger partial charge is 0.493 e. The maximum Gasteiger partial charge on any atom is 0.307 e. The summed E-state index contributed by atoms with van der Waals surface area (Å²) < 4.78 is 32.0. The van der Waals surface area contributed by atoms with Gasteiger partial charge in [-0.2, -0.15) is 0 Å². The van der Waals surface area contributed by atoms with E-state index in [4.69, 9.17) is 14.2 Å². The van der Waals surface area contributed by atoms with Crippen molar-refractivity contribution >= 4 is 5.97 Å². The average molecular weight is 504 g/mol. The summed E-state index contributed by atoms with van der Waals surface area (Å²) in [5, 5.41) is 9.30. The number of aliphatic carboxylic acids is 1. The molecule has 0 radical (unpaired) electrons. The van der Waals surface area contributed by atoms with Crippen LogP contribution in [-0.2, 0) is 22.6 Å². The number of benzene rings is 2. The number of aryl methyl sites for hydroxylation is 2. The molecule has 3 aromatic rings. The monoisotopic (exact) mass is 503 g/mol. The molecule has 0 spiro atoms. The van der Waals surface area contributed by atoms with Gasteiger partial charge in [0.2, 0.25) is 5.88 Å². The van der Waals surface area contributed by atoms with Crippen LogP contribution in [0.1, 0.15) is 40.7 Å². The maximum atomic E-state index is 14.7. The molecule has 3 atom stereocenters. The third kappa shape index (κ3) is 4.35. The molecule has 2 heterocycles. The molecule has 6 nitrogen and oxygen atoms in total. The Hall–Kier alpha value is -3.45. The Bertz CT molecular complexity index is 1380. The van der Waals surface area contributed by atoms with Gasteiger partial charge in [-0.25, -0.2) is 9.37 Å². The van der Waals surface area contributed by atoms with Gasteiger partial charge in [-0.15, -0.1) is 0 Å². The van der Waals surface area contributed by atoms with Crippen LogP contribution in [0.2, 0.25) is 0 Å². The normalized spacial score (nSPS) is 22.5. The number of hydrogen-bond donors (Lipinski definition) is 1. The van der Waals surface area contributed by atoms with E-state index in [0.717, 1.165) is 58.8 Å². The minimum absolute atomic E-state index is 0.0516. The van der Waals surface area contributed by atoms with Gasteiger partial charge in [0.1, 0.15) is 18.2 Å². The Morgan fingerprint density at radius 3 is 2.59 bits per heavy atom. The number of ether oxygens (including phenoxy) is 3. The molecule has 0 bridgehead atoms. The van der Waals surface area contributed by atoms with Crippen LogP contribution in [0.25, 0.3) is 11.1 Å². The lowest BCUT2D eigenvalue weighted by Gasteiger charge is -2.37. The molecular weight excluding hydrogens is 473 g/mol. The van der Waals surface area contributed by atoms with Crippen LogP contribution < -0.4 is 9.47 Å². The predicted octanol–water partition coefficient (Wildman–Crippen LogP) is 5.47. The molecule has 1 saturated carbocycles.